The summed E-state index contributed by atoms with van der Waals surface area (Å²) in [5.74, 6) is -0.833. The second-order valence-electron chi connectivity index (χ2n) is 8.90. The molecule has 2 heterocycles. The Hall–Kier alpha value is -3.59. The Morgan fingerprint density at radius 2 is 1.77 bits per heavy atom. The van der Waals surface area contributed by atoms with Gasteiger partial charge in [-0.3, -0.25) is 14.4 Å². The summed E-state index contributed by atoms with van der Waals surface area (Å²) < 4.78 is 13.1. The average Bonchev–Trinajstić information content (AvgIpc) is 3.32. The van der Waals surface area contributed by atoms with Crippen LogP contribution in [0, 0.1) is 5.82 Å². The molecular formula is C26H25FN4O3S. The van der Waals surface area contributed by atoms with Crippen LogP contribution >= 0.6 is 11.3 Å². The van der Waals surface area contributed by atoms with Crippen molar-refractivity contribution in [3.63, 3.8) is 0 Å². The fourth-order valence-electron chi connectivity index (χ4n) is 4.16. The van der Waals surface area contributed by atoms with Gasteiger partial charge in [-0.05, 0) is 55.5 Å². The molecule has 2 fully saturated rings. The van der Waals surface area contributed by atoms with Gasteiger partial charge in [-0.15, -0.1) is 11.3 Å². The Kier molecular flexibility index (Phi) is 6.59. The number of carbonyl (C=O) groups is 3. The lowest BCUT2D eigenvalue weighted by molar-refractivity contribution is -0.136. The van der Waals surface area contributed by atoms with Crippen LogP contribution in [-0.2, 0) is 16.0 Å². The third-order valence-corrected chi connectivity index (χ3v) is 6.99. The topological polar surface area (TPSA) is 91.4 Å². The predicted molar refractivity (Wildman–Crippen MR) is 132 cm³/mol. The van der Waals surface area contributed by atoms with Gasteiger partial charge in [-0.2, -0.15) is 0 Å². The van der Waals surface area contributed by atoms with E-state index in [1.165, 1.54) is 23.5 Å². The molecule has 1 unspecified atom stereocenters. The summed E-state index contributed by atoms with van der Waals surface area (Å²) in [4.78, 5) is 44.0. The van der Waals surface area contributed by atoms with Crippen LogP contribution in [0.2, 0.25) is 0 Å². The first-order valence-electron chi connectivity index (χ1n) is 11.7. The van der Waals surface area contributed by atoms with Crippen LogP contribution in [0.15, 0.2) is 53.9 Å². The number of benzene rings is 2. The van der Waals surface area contributed by atoms with E-state index in [2.05, 4.69) is 15.6 Å². The molecule has 3 aromatic rings. The van der Waals surface area contributed by atoms with Crippen molar-refractivity contribution in [1.29, 1.82) is 0 Å². The highest BCUT2D eigenvalue weighted by atomic mass is 32.1. The zero-order valence-electron chi connectivity index (χ0n) is 19.0. The van der Waals surface area contributed by atoms with Crippen LogP contribution in [0.4, 0.5) is 9.52 Å². The number of hydrogen-bond acceptors (Lipinski definition) is 5. The second kappa shape index (κ2) is 9.95. The first-order valence-corrected chi connectivity index (χ1v) is 12.6. The highest BCUT2D eigenvalue weighted by molar-refractivity contribution is 7.14. The fraction of sp³-hybridized carbons (Fsp3) is 0.308. The average molecular weight is 493 g/mol. The van der Waals surface area contributed by atoms with E-state index in [0.717, 1.165) is 24.8 Å². The number of aromatic nitrogens is 1. The maximum absolute atomic E-state index is 13.1. The molecular weight excluding hydrogens is 467 g/mol. The van der Waals surface area contributed by atoms with Gasteiger partial charge in [0, 0.05) is 29.1 Å². The second-order valence-corrected chi connectivity index (χ2v) is 9.76. The molecule has 1 atom stereocenters. The number of rotatable bonds is 7. The fourth-order valence-corrected chi connectivity index (χ4v) is 4.88. The van der Waals surface area contributed by atoms with E-state index in [-0.39, 0.29) is 30.0 Å². The van der Waals surface area contributed by atoms with E-state index in [1.807, 2.05) is 17.5 Å². The van der Waals surface area contributed by atoms with Crippen LogP contribution in [-0.4, -0.2) is 46.2 Å². The van der Waals surface area contributed by atoms with Crippen molar-refractivity contribution in [1.82, 2.24) is 15.2 Å². The quantitative estimate of drug-likeness (QED) is 0.521. The normalized spacial score (nSPS) is 17.3. The number of halogens is 1. The van der Waals surface area contributed by atoms with Crippen molar-refractivity contribution in [3.05, 3.63) is 70.9 Å². The van der Waals surface area contributed by atoms with E-state index in [9.17, 15) is 18.8 Å². The number of carbonyl (C=O) groups excluding carboxylic acids is 3. The number of nitrogens with one attached hydrogen (secondary N) is 2. The molecule has 7 nitrogen and oxygen atoms in total. The Balaban J connectivity index is 1.20. The minimum absolute atomic E-state index is 0.0691. The van der Waals surface area contributed by atoms with Crippen LogP contribution in [0.25, 0.3) is 11.3 Å². The summed E-state index contributed by atoms with van der Waals surface area (Å²) in [5.41, 5.74) is 2.87. The highest BCUT2D eigenvalue weighted by Crippen LogP contribution is 2.27. The van der Waals surface area contributed by atoms with Crippen LogP contribution < -0.4 is 10.6 Å². The standard InChI is InChI=1S/C26H25FN4O3S/c27-19-9-3-16(4-10-19)14-23(32)31-13-1-2-22(31)25(34)30-26-29-21(15-35-26)17-5-7-18(8-6-17)24(33)28-20-11-12-20/h3-10,15,20,22H,1-2,11-14H2,(H,28,33)(H,29,30,34). The van der Waals surface area contributed by atoms with E-state index in [1.54, 1.807) is 29.2 Å². The number of anilines is 1. The molecule has 0 radical (unpaired) electrons. The zero-order valence-corrected chi connectivity index (χ0v) is 19.8. The lowest BCUT2D eigenvalue weighted by atomic mass is 10.1. The van der Waals surface area contributed by atoms with Gasteiger partial charge in [0.1, 0.15) is 11.9 Å². The van der Waals surface area contributed by atoms with Crippen molar-refractivity contribution in [2.45, 2.75) is 44.2 Å². The van der Waals surface area contributed by atoms with E-state index >= 15 is 0 Å². The lowest BCUT2D eigenvalue weighted by Gasteiger charge is -2.23. The first-order chi connectivity index (χ1) is 17.0. The molecule has 1 aromatic heterocycles. The SMILES string of the molecule is O=C(NC1CC1)c1ccc(-c2csc(NC(=O)C3CCCN3C(=O)Cc3ccc(F)cc3)n2)cc1. The summed E-state index contributed by atoms with van der Waals surface area (Å²) >= 11 is 1.31. The Morgan fingerprint density at radius 3 is 2.49 bits per heavy atom. The van der Waals surface area contributed by atoms with Gasteiger partial charge in [0.15, 0.2) is 5.13 Å². The van der Waals surface area contributed by atoms with Gasteiger partial charge in [-0.25, -0.2) is 9.37 Å². The Labute approximate surface area is 206 Å². The largest absolute Gasteiger partial charge is 0.349 e. The number of amides is 3. The van der Waals surface area contributed by atoms with Crippen molar-refractivity contribution >= 4 is 34.2 Å². The summed E-state index contributed by atoms with van der Waals surface area (Å²) in [6, 6.07) is 12.8. The molecule has 1 saturated carbocycles. The van der Waals surface area contributed by atoms with Crippen molar-refractivity contribution in [2.24, 2.45) is 0 Å². The number of nitrogens with zero attached hydrogens (tertiary/aromatic N) is 2. The maximum Gasteiger partial charge on any atom is 0.251 e. The molecule has 2 aliphatic rings. The number of likely N-dealkylation sites (tertiary alicyclic amines) is 1. The molecule has 9 heteroatoms. The van der Waals surface area contributed by atoms with Gasteiger partial charge in [0.05, 0.1) is 12.1 Å². The molecule has 2 N–H and O–H groups in total. The molecule has 1 aliphatic heterocycles. The van der Waals surface area contributed by atoms with Crippen LogP contribution in [0.1, 0.15) is 41.6 Å². The van der Waals surface area contributed by atoms with Crippen molar-refractivity contribution in [2.75, 3.05) is 11.9 Å². The summed E-state index contributed by atoms with van der Waals surface area (Å²) in [6.07, 6.45) is 3.54. The van der Waals surface area contributed by atoms with Gasteiger partial charge in [0.25, 0.3) is 5.91 Å². The molecule has 35 heavy (non-hydrogen) atoms. The van der Waals surface area contributed by atoms with Gasteiger partial charge in [0.2, 0.25) is 11.8 Å². The minimum atomic E-state index is -0.556. The van der Waals surface area contributed by atoms with E-state index in [4.69, 9.17) is 0 Å². The molecule has 180 valence electrons. The summed E-state index contributed by atoms with van der Waals surface area (Å²) in [6.45, 7) is 0.516. The molecule has 0 spiro atoms. The van der Waals surface area contributed by atoms with Crippen LogP contribution in [0.3, 0.4) is 0 Å². The van der Waals surface area contributed by atoms with Gasteiger partial charge in [-0.1, -0.05) is 24.3 Å². The molecule has 1 aliphatic carbocycles. The monoisotopic (exact) mass is 492 g/mol. The molecule has 3 amide bonds. The maximum atomic E-state index is 13.1. The lowest BCUT2D eigenvalue weighted by Crippen LogP contribution is -2.43. The summed E-state index contributed by atoms with van der Waals surface area (Å²) in [7, 11) is 0. The van der Waals surface area contributed by atoms with E-state index < -0.39 is 6.04 Å². The molecule has 5 rings (SSSR count). The van der Waals surface area contributed by atoms with Crippen molar-refractivity contribution < 1.29 is 18.8 Å². The molecule has 2 aromatic carbocycles. The molecule has 1 saturated heterocycles. The third kappa shape index (κ3) is 5.57. The number of thiazole rings is 1. The predicted octanol–water partition coefficient (Wildman–Crippen LogP) is 4.01. The van der Waals surface area contributed by atoms with Gasteiger partial charge < -0.3 is 15.5 Å². The smallest absolute Gasteiger partial charge is 0.251 e. The Morgan fingerprint density at radius 1 is 1.03 bits per heavy atom. The molecule has 0 bridgehead atoms. The van der Waals surface area contributed by atoms with Crippen molar-refractivity contribution in [3.8, 4) is 11.3 Å². The minimum Gasteiger partial charge on any atom is -0.349 e. The third-order valence-electron chi connectivity index (χ3n) is 6.23. The first kappa shape index (κ1) is 23.2. The van der Waals surface area contributed by atoms with Gasteiger partial charge >= 0.3 is 0 Å². The number of hydrogen-bond donors (Lipinski definition) is 2. The zero-order chi connectivity index (χ0) is 24.4. The van der Waals surface area contributed by atoms with Crippen LogP contribution in [0.5, 0.6) is 0 Å². The Bertz CT molecular complexity index is 1240. The van der Waals surface area contributed by atoms with E-state index in [0.29, 0.717) is 41.0 Å². The highest BCUT2D eigenvalue weighted by Gasteiger charge is 2.34. The summed E-state index contributed by atoms with van der Waals surface area (Å²) in [5, 5.41) is 8.12.